The Hall–Kier alpha value is -1.35. The third-order valence-corrected chi connectivity index (χ3v) is 4.32. The second kappa shape index (κ2) is 3.84. The molecule has 17 heavy (non-hydrogen) atoms. The largest absolute Gasteiger partial charge is 0.334 e. The molecule has 0 saturated heterocycles. The number of benzene rings is 2. The van der Waals surface area contributed by atoms with Crippen molar-refractivity contribution < 1.29 is 4.89 Å². The Balaban J connectivity index is 2.32. The minimum Gasteiger partial charge on any atom is -0.334 e. The molecular formula is C12H11N2OPS. The lowest BCUT2D eigenvalue weighted by Crippen LogP contribution is -2.02. The van der Waals surface area contributed by atoms with Gasteiger partial charge in [-0.3, -0.25) is 0 Å². The van der Waals surface area contributed by atoms with Gasteiger partial charge >= 0.3 is 0 Å². The SMILES string of the molecule is OP1(=S)Nc2ccccc2-c2ccccc2N1. The highest BCUT2D eigenvalue weighted by molar-refractivity contribution is 8.13. The minimum atomic E-state index is -2.76. The van der Waals surface area contributed by atoms with Gasteiger partial charge in [0.1, 0.15) is 0 Å². The Morgan fingerprint density at radius 3 is 1.71 bits per heavy atom. The Kier molecular flexibility index (Phi) is 2.44. The molecule has 3 nitrogen and oxygen atoms in total. The van der Waals surface area contributed by atoms with Gasteiger partial charge in [-0.25, -0.2) is 0 Å². The predicted octanol–water partition coefficient (Wildman–Crippen LogP) is 3.41. The first kappa shape index (κ1) is 10.8. The molecule has 0 aromatic heterocycles. The Labute approximate surface area is 105 Å². The number of fused-ring (bicyclic) bond motifs is 3. The molecule has 2 aromatic carbocycles. The first-order chi connectivity index (χ1) is 8.16. The molecule has 5 heteroatoms. The van der Waals surface area contributed by atoms with Gasteiger partial charge in [0, 0.05) is 22.5 Å². The molecule has 0 spiro atoms. The molecule has 3 rings (SSSR count). The molecule has 0 amide bonds. The van der Waals surface area contributed by atoms with Crippen LogP contribution in [0.15, 0.2) is 48.5 Å². The van der Waals surface area contributed by atoms with Gasteiger partial charge in [-0.05, 0) is 23.9 Å². The molecule has 0 atom stereocenters. The van der Waals surface area contributed by atoms with Crippen LogP contribution < -0.4 is 10.2 Å². The fraction of sp³-hybridized carbons (Fsp3) is 0. The van der Waals surface area contributed by atoms with Gasteiger partial charge in [0.15, 0.2) is 0 Å². The van der Waals surface area contributed by atoms with Gasteiger partial charge in [0.05, 0.1) is 0 Å². The maximum absolute atomic E-state index is 10.2. The lowest BCUT2D eigenvalue weighted by Gasteiger charge is -2.17. The van der Waals surface area contributed by atoms with Crippen molar-refractivity contribution >= 4 is 29.7 Å². The lowest BCUT2D eigenvalue weighted by molar-refractivity contribution is 0.633. The van der Waals surface area contributed by atoms with E-state index in [-0.39, 0.29) is 0 Å². The number of rotatable bonds is 0. The zero-order valence-corrected chi connectivity index (χ0v) is 10.6. The molecule has 0 unspecified atom stereocenters. The monoisotopic (exact) mass is 262 g/mol. The fourth-order valence-corrected chi connectivity index (χ4v) is 3.67. The van der Waals surface area contributed by atoms with Crippen molar-refractivity contribution in [1.82, 2.24) is 0 Å². The summed E-state index contributed by atoms with van der Waals surface area (Å²) in [4.78, 5) is 10.2. The summed E-state index contributed by atoms with van der Waals surface area (Å²) in [5, 5.41) is 6.03. The number of anilines is 2. The zero-order valence-electron chi connectivity index (χ0n) is 8.92. The van der Waals surface area contributed by atoms with Crippen LogP contribution in [-0.4, -0.2) is 4.89 Å². The van der Waals surface area contributed by atoms with Crippen molar-refractivity contribution in [2.75, 3.05) is 10.2 Å². The molecule has 0 fully saturated rings. The Bertz CT molecular complexity index is 578. The third kappa shape index (κ3) is 1.95. The van der Waals surface area contributed by atoms with Crippen molar-refractivity contribution in [1.29, 1.82) is 0 Å². The molecule has 1 heterocycles. The minimum absolute atomic E-state index is 0.871. The molecule has 86 valence electrons. The van der Waals surface area contributed by atoms with Crippen molar-refractivity contribution in [3.63, 3.8) is 0 Å². The quantitative estimate of drug-likeness (QED) is 0.637. The van der Waals surface area contributed by atoms with Gasteiger partial charge in [0.25, 0.3) is 0 Å². The molecule has 1 aliphatic rings. The highest BCUT2D eigenvalue weighted by Crippen LogP contribution is 2.49. The van der Waals surface area contributed by atoms with E-state index in [2.05, 4.69) is 10.2 Å². The Morgan fingerprint density at radius 2 is 1.24 bits per heavy atom. The first-order valence-corrected chi connectivity index (χ1v) is 7.99. The van der Waals surface area contributed by atoms with Crippen molar-refractivity contribution in [3.05, 3.63) is 48.5 Å². The maximum Gasteiger partial charge on any atom is 0.246 e. The average molecular weight is 262 g/mol. The van der Waals surface area contributed by atoms with Crippen molar-refractivity contribution in [3.8, 4) is 11.1 Å². The molecule has 3 N–H and O–H groups in total. The van der Waals surface area contributed by atoms with E-state index >= 15 is 0 Å². The van der Waals surface area contributed by atoms with Crippen LogP contribution in [0.4, 0.5) is 11.4 Å². The molecule has 0 radical (unpaired) electrons. The van der Waals surface area contributed by atoms with Crippen LogP contribution in [0.3, 0.4) is 0 Å². The zero-order chi connectivity index (χ0) is 11.9. The van der Waals surface area contributed by atoms with E-state index in [4.69, 9.17) is 11.8 Å². The van der Waals surface area contributed by atoms with E-state index < -0.39 is 6.57 Å². The smallest absolute Gasteiger partial charge is 0.246 e. The van der Waals surface area contributed by atoms with Crippen LogP contribution in [-0.2, 0) is 11.8 Å². The van der Waals surface area contributed by atoms with Crippen molar-refractivity contribution in [2.45, 2.75) is 0 Å². The summed E-state index contributed by atoms with van der Waals surface area (Å²) < 4.78 is 0. The predicted molar refractivity (Wildman–Crippen MR) is 75.6 cm³/mol. The van der Waals surface area contributed by atoms with Gasteiger partial charge in [-0.2, -0.15) is 0 Å². The van der Waals surface area contributed by atoms with E-state index in [1.54, 1.807) is 0 Å². The molecule has 1 aliphatic heterocycles. The topological polar surface area (TPSA) is 44.3 Å². The van der Waals surface area contributed by atoms with Crippen LogP contribution in [0.25, 0.3) is 11.1 Å². The van der Waals surface area contributed by atoms with Gasteiger partial charge in [-0.1, -0.05) is 36.4 Å². The van der Waals surface area contributed by atoms with E-state index in [9.17, 15) is 4.89 Å². The third-order valence-electron chi connectivity index (χ3n) is 2.69. The van der Waals surface area contributed by atoms with E-state index in [1.807, 2.05) is 48.5 Å². The Morgan fingerprint density at radius 1 is 0.824 bits per heavy atom. The molecule has 0 bridgehead atoms. The maximum atomic E-state index is 10.2. The summed E-state index contributed by atoms with van der Waals surface area (Å²) in [5.41, 5.74) is 3.85. The van der Waals surface area contributed by atoms with E-state index in [0.29, 0.717) is 0 Å². The number of hydrogen-bond acceptors (Lipinski definition) is 1. The van der Waals surface area contributed by atoms with Crippen LogP contribution in [0.1, 0.15) is 0 Å². The first-order valence-electron chi connectivity index (χ1n) is 5.23. The normalized spacial score (nSPS) is 15.8. The lowest BCUT2D eigenvalue weighted by atomic mass is 10.0. The molecule has 0 saturated carbocycles. The van der Waals surface area contributed by atoms with Crippen LogP contribution in [0, 0.1) is 0 Å². The van der Waals surface area contributed by atoms with Crippen LogP contribution >= 0.6 is 6.57 Å². The fourth-order valence-electron chi connectivity index (χ4n) is 1.99. The number of para-hydroxylation sites is 2. The van der Waals surface area contributed by atoms with Crippen molar-refractivity contribution in [2.24, 2.45) is 0 Å². The van der Waals surface area contributed by atoms with E-state index in [0.717, 1.165) is 22.5 Å². The second-order valence-electron chi connectivity index (χ2n) is 3.89. The standard InChI is InChI=1S/C12H11N2OPS/c15-16(17)13-11-7-3-1-5-9(11)10-6-2-4-8-12(10)14-16/h1-8H,(H3,13,14,15,17). The molecule has 2 aromatic rings. The summed E-state index contributed by atoms with van der Waals surface area (Å²) in [6.45, 7) is -2.76. The summed E-state index contributed by atoms with van der Waals surface area (Å²) in [6.07, 6.45) is 0. The summed E-state index contributed by atoms with van der Waals surface area (Å²) in [5.74, 6) is 0. The summed E-state index contributed by atoms with van der Waals surface area (Å²) in [7, 11) is 0. The van der Waals surface area contributed by atoms with Crippen LogP contribution in [0.2, 0.25) is 0 Å². The average Bonchev–Trinajstić information content (AvgIpc) is 2.40. The summed E-state index contributed by atoms with van der Waals surface area (Å²) >= 11 is 5.18. The molecular weight excluding hydrogens is 251 g/mol. The van der Waals surface area contributed by atoms with Gasteiger partial charge in [0.2, 0.25) is 6.57 Å². The second-order valence-corrected chi connectivity index (χ2v) is 7.08. The summed E-state index contributed by atoms with van der Waals surface area (Å²) in [6, 6.07) is 15.7. The highest BCUT2D eigenvalue weighted by Gasteiger charge is 2.21. The van der Waals surface area contributed by atoms with E-state index in [1.165, 1.54) is 0 Å². The van der Waals surface area contributed by atoms with Crippen LogP contribution in [0.5, 0.6) is 0 Å². The molecule has 0 aliphatic carbocycles. The number of hydrogen-bond donors (Lipinski definition) is 3. The van der Waals surface area contributed by atoms with Gasteiger partial charge in [-0.15, -0.1) is 0 Å². The highest BCUT2D eigenvalue weighted by atomic mass is 32.4. The number of nitrogens with one attached hydrogen (secondary N) is 2. The van der Waals surface area contributed by atoms with Gasteiger partial charge < -0.3 is 15.1 Å².